The minimum absolute atomic E-state index is 0.0265. The van der Waals surface area contributed by atoms with Crippen LogP contribution in [0.1, 0.15) is 92.5 Å². The molecule has 6 aliphatic rings. The number of carboxylic acid groups (broad SMARTS) is 1. The number of amides is 6. The van der Waals surface area contributed by atoms with Gasteiger partial charge in [-0.25, -0.2) is 4.79 Å². The number of nitrogens with one attached hydrogen (secondary N) is 6. The minimum atomic E-state index is -2.32. The second kappa shape index (κ2) is 27.5. The van der Waals surface area contributed by atoms with Crippen molar-refractivity contribution in [2.24, 2.45) is 5.73 Å². The van der Waals surface area contributed by atoms with Gasteiger partial charge in [-0.3, -0.25) is 33.7 Å². The molecule has 6 heterocycles. The maximum absolute atomic E-state index is 16.2. The summed E-state index contributed by atoms with van der Waals surface area (Å²) >= 11 is 13.8. The Morgan fingerprint density at radius 3 is 1.63 bits per heavy atom. The fraction of sp³-hybridized carbons (Fsp3) is 0.164. The maximum Gasteiger partial charge on any atom is 0.330 e. The Balaban J connectivity index is 1.01. The second-order valence-electron chi connectivity index (χ2n) is 24.6. The van der Waals surface area contributed by atoms with E-state index >= 15 is 24.0 Å². The lowest BCUT2D eigenvalue weighted by Crippen LogP contribution is -2.55. The van der Waals surface area contributed by atoms with Gasteiger partial charge in [0.1, 0.15) is 88.7 Å². The number of aliphatic hydroxyl groups excluding tert-OH is 2. The Morgan fingerprint density at radius 2 is 1.01 bits per heavy atom. The zero-order chi connectivity index (χ0) is 72.3. The first kappa shape index (κ1) is 68.4. The summed E-state index contributed by atoms with van der Waals surface area (Å²) in [6.07, 6.45) is -4.25. The molecule has 9 unspecified atom stereocenters. The van der Waals surface area contributed by atoms with Crippen LogP contribution in [0.3, 0.4) is 0 Å². The Morgan fingerprint density at radius 1 is 0.461 bits per heavy atom. The summed E-state index contributed by atoms with van der Waals surface area (Å²) in [5, 5.41) is 122. The van der Waals surface area contributed by atoms with E-state index in [1.54, 1.807) is 11.9 Å². The summed E-state index contributed by atoms with van der Waals surface area (Å²) in [7, 11) is 1.65. The van der Waals surface area contributed by atoms with E-state index in [0.717, 1.165) is 77.4 Å². The van der Waals surface area contributed by atoms with Crippen LogP contribution >= 0.6 is 23.2 Å². The van der Waals surface area contributed by atoms with Gasteiger partial charge in [-0.1, -0.05) is 108 Å². The van der Waals surface area contributed by atoms with Crippen molar-refractivity contribution in [1.29, 1.82) is 0 Å². The van der Waals surface area contributed by atoms with Crippen LogP contribution in [0.15, 0.2) is 164 Å². The number of phenolic OH excluding ortho intramolecular Hbond substituents is 6. The van der Waals surface area contributed by atoms with Crippen molar-refractivity contribution in [1.82, 2.24) is 36.8 Å². The summed E-state index contributed by atoms with van der Waals surface area (Å²) in [6, 6.07) is 22.4. The molecule has 15 rings (SSSR count). The molecule has 0 saturated carbocycles. The molecular formula is C73H60Cl2N8O19. The number of ether oxygens (including phenoxy) is 3. The predicted molar refractivity (Wildman–Crippen MR) is 363 cm³/mol. The molecule has 0 aliphatic carbocycles. The van der Waals surface area contributed by atoms with Gasteiger partial charge in [-0.05, 0) is 130 Å². The number of aliphatic hydroxyl groups is 2. The molecule has 102 heavy (non-hydrogen) atoms. The first-order valence-electron chi connectivity index (χ1n) is 31.3. The molecule has 0 aromatic heterocycles. The average molecular weight is 1420 g/mol. The summed E-state index contributed by atoms with van der Waals surface area (Å²) in [5.41, 5.74) is 5.52. The molecule has 27 nitrogen and oxygen atoms in total. The lowest BCUT2D eigenvalue weighted by atomic mass is 9.85. The standard InChI is InChI=1S/C73H60Cl2N8O19/c1-83(29-31-10-12-33(13-11-31)32-6-3-2-4-7-32)30-43-48(87)28-42-55(65(43)90)54-41(8-5-9-47(54)86)59-70(95)82-62(72(97)80-60(42)73(98)99)64(89)36-16-19-50(45(75)23-36)102-53-26-38-25-52(66(53)91)101-49-18-15-35(22-44(49)74)63(88)61-71(96)78-57(68(93)77-58(38)69(94)79-59)37-20-39(84)27-40(21-37)100-51-24-34(14-17-46(51)85)56(76)67(92)81-61/h2-28,56-64,84-91H,29-30,76H2,1H3,(H,77,93)(H,78,96)(H,79,94)(H,80,97)(H,81,92)(H,82,95)(H,98,99). The highest BCUT2D eigenvalue weighted by atomic mass is 35.5. The van der Waals surface area contributed by atoms with Crippen LogP contribution in [0.4, 0.5) is 0 Å². The van der Waals surface area contributed by atoms with Crippen LogP contribution in [0.25, 0.3) is 22.3 Å². The summed E-state index contributed by atoms with van der Waals surface area (Å²) in [6.45, 7) is -0.0985. The number of fused-ring (bicyclic) bond motifs is 13. The van der Waals surface area contributed by atoms with E-state index in [1.807, 2.05) is 54.6 Å². The van der Waals surface area contributed by atoms with Crippen molar-refractivity contribution in [3.05, 3.63) is 224 Å². The third-order valence-electron chi connectivity index (χ3n) is 17.8. The number of phenols is 6. The van der Waals surface area contributed by atoms with Gasteiger partial charge in [0.15, 0.2) is 29.0 Å². The van der Waals surface area contributed by atoms with E-state index in [2.05, 4.69) is 31.9 Å². The summed E-state index contributed by atoms with van der Waals surface area (Å²) in [4.78, 5) is 108. The number of benzene rings is 9. The van der Waals surface area contributed by atoms with Crippen LogP contribution in [0, 0.1) is 0 Å². The fourth-order valence-electron chi connectivity index (χ4n) is 12.7. The molecule has 520 valence electrons. The molecule has 17 N–H and O–H groups in total. The lowest BCUT2D eigenvalue weighted by Gasteiger charge is -2.31. The molecule has 9 aromatic rings. The zero-order valence-corrected chi connectivity index (χ0v) is 54.6. The third kappa shape index (κ3) is 13.4. The number of nitrogens with two attached hydrogens (primary N) is 1. The maximum atomic E-state index is 16.2. The molecule has 6 amide bonds. The number of aliphatic carboxylic acids is 1. The number of hydrogen-bond acceptors (Lipinski definition) is 20. The van der Waals surface area contributed by atoms with Gasteiger partial charge in [-0.15, -0.1) is 0 Å². The number of aromatic hydroxyl groups is 6. The Hall–Kier alpha value is -12.1. The number of rotatable bonds is 6. The Kier molecular flexibility index (Phi) is 18.5. The van der Waals surface area contributed by atoms with Crippen molar-refractivity contribution in [2.75, 3.05) is 7.05 Å². The van der Waals surface area contributed by atoms with Gasteiger partial charge in [0.05, 0.1) is 15.6 Å². The monoisotopic (exact) mass is 1420 g/mol. The number of carbonyl (C=O) groups is 7. The molecule has 9 atom stereocenters. The molecule has 0 spiro atoms. The van der Waals surface area contributed by atoms with E-state index in [-0.39, 0.29) is 74.0 Å². The highest BCUT2D eigenvalue weighted by Crippen LogP contribution is 2.51. The van der Waals surface area contributed by atoms with Crippen molar-refractivity contribution in [2.45, 2.75) is 67.6 Å². The van der Waals surface area contributed by atoms with E-state index in [1.165, 1.54) is 48.5 Å². The first-order valence-corrected chi connectivity index (χ1v) is 32.1. The van der Waals surface area contributed by atoms with E-state index in [9.17, 15) is 55.5 Å². The molecule has 0 radical (unpaired) electrons. The van der Waals surface area contributed by atoms with E-state index in [4.69, 9.17) is 43.1 Å². The Bertz CT molecular complexity index is 4950. The van der Waals surface area contributed by atoms with Gasteiger partial charge in [-0.2, -0.15) is 0 Å². The number of nitrogens with zero attached hydrogens (tertiary/aromatic N) is 1. The molecular weight excluding hydrogens is 1360 g/mol. The van der Waals surface area contributed by atoms with Gasteiger partial charge in [0.25, 0.3) is 0 Å². The van der Waals surface area contributed by atoms with Crippen molar-refractivity contribution in [3.8, 4) is 91.2 Å². The topological polar surface area (TPSA) is 431 Å². The largest absolute Gasteiger partial charge is 0.508 e. The predicted octanol–water partition coefficient (Wildman–Crippen LogP) is 7.77. The van der Waals surface area contributed by atoms with Gasteiger partial charge in [0, 0.05) is 35.8 Å². The molecule has 9 aromatic carbocycles. The van der Waals surface area contributed by atoms with Gasteiger partial charge < -0.3 is 97.8 Å². The highest BCUT2D eigenvalue weighted by Gasteiger charge is 2.44. The normalized spacial score (nSPS) is 21.1. The SMILES string of the molecule is CN(Cc1ccc(-c2ccccc2)cc1)Cc1c(O)cc2c(c1O)-c1c(O)cccc1C1NC(=O)C3NC(=O)C4NC(=O)C(NC(=O)C(N)c5ccc(O)c(c5)Oc5cc(O)cc4c5)C(O)c4ccc(c(Cl)c4)Oc4cc3cc(c4O)Oc3ccc(cc3Cl)C(O)C(NC1=O)C(=O)NC2C(=O)O. The molecule has 6 aliphatic heterocycles. The zero-order valence-electron chi connectivity index (χ0n) is 53.1. The highest BCUT2D eigenvalue weighted by molar-refractivity contribution is 6.32. The van der Waals surface area contributed by atoms with Gasteiger partial charge >= 0.3 is 5.97 Å². The van der Waals surface area contributed by atoms with Crippen LogP contribution in [-0.2, 0) is 46.7 Å². The van der Waals surface area contributed by atoms with Crippen molar-refractivity contribution < 1.29 is 93.7 Å². The molecule has 29 heteroatoms. The van der Waals surface area contributed by atoms with Crippen molar-refractivity contribution >= 4 is 64.6 Å². The Labute approximate surface area is 587 Å². The van der Waals surface area contributed by atoms with Gasteiger partial charge in [0.2, 0.25) is 41.2 Å². The van der Waals surface area contributed by atoms with Crippen LogP contribution in [0.5, 0.6) is 69.0 Å². The van der Waals surface area contributed by atoms with Crippen LogP contribution in [0.2, 0.25) is 10.0 Å². The number of carbonyl (C=O) groups excluding carboxylic acids is 6. The number of hydrogen-bond donors (Lipinski definition) is 16. The average Bonchev–Trinajstić information content (AvgIpc) is 1.13. The quantitative estimate of drug-likeness (QED) is 0.0755. The first-order chi connectivity index (χ1) is 48.8. The minimum Gasteiger partial charge on any atom is -0.508 e. The number of carboxylic acids is 1. The smallest absolute Gasteiger partial charge is 0.330 e. The van der Waals surface area contributed by atoms with E-state index < -0.39 is 170 Å². The second-order valence-corrected chi connectivity index (χ2v) is 25.5. The fourth-order valence-corrected chi connectivity index (χ4v) is 13.1. The molecule has 15 bridgehead atoms. The lowest BCUT2D eigenvalue weighted by molar-refractivity contribution is -0.143. The summed E-state index contributed by atoms with van der Waals surface area (Å²) < 4.78 is 18.5. The number of halogens is 2. The van der Waals surface area contributed by atoms with Crippen LogP contribution in [-0.4, -0.2) is 111 Å². The van der Waals surface area contributed by atoms with E-state index in [0.29, 0.717) is 0 Å². The third-order valence-corrected chi connectivity index (χ3v) is 18.4. The molecule has 0 saturated heterocycles. The summed E-state index contributed by atoms with van der Waals surface area (Å²) in [5.74, 6) is -16.6. The molecule has 0 fully saturated rings. The van der Waals surface area contributed by atoms with Crippen LogP contribution < -0.4 is 51.8 Å². The van der Waals surface area contributed by atoms with Crippen molar-refractivity contribution in [3.63, 3.8) is 0 Å².